The number of hydrogen-bond acceptors (Lipinski definition) is 4. The van der Waals surface area contributed by atoms with Crippen molar-refractivity contribution in [2.75, 3.05) is 17.2 Å². The van der Waals surface area contributed by atoms with Crippen LogP contribution in [0.1, 0.15) is 31.2 Å². The highest BCUT2D eigenvalue weighted by atomic mass is 16.6. The molecule has 0 saturated heterocycles. The van der Waals surface area contributed by atoms with Gasteiger partial charge in [0.15, 0.2) is 0 Å². The molecule has 20 heavy (non-hydrogen) atoms. The average Bonchev–Trinajstić information content (AvgIpc) is 3.22. The third-order valence-corrected chi connectivity index (χ3v) is 3.88. The number of nitrogens with zero attached hydrogens (tertiary/aromatic N) is 1. The number of hydrogen-bond donors (Lipinski definition) is 2. The van der Waals surface area contributed by atoms with Crippen LogP contribution in [0.4, 0.5) is 17.1 Å². The van der Waals surface area contributed by atoms with Gasteiger partial charge in [0.2, 0.25) is 5.91 Å². The first-order chi connectivity index (χ1) is 9.63. The Bertz CT molecular complexity index is 567. The number of amides is 1. The zero-order chi connectivity index (χ0) is 14.1. The lowest BCUT2D eigenvalue weighted by molar-refractivity contribution is -0.383. The number of aryl methyl sites for hydroxylation is 1. The minimum Gasteiger partial charge on any atom is -0.379 e. The van der Waals surface area contributed by atoms with Crippen molar-refractivity contribution in [2.45, 2.75) is 32.1 Å². The number of nitro benzene ring substituents is 1. The molecule has 1 aromatic rings. The molecule has 0 radical (unpaired) electrons. The van der Waals surface area contributed by atoms with E-state index in [2.05, 4.69) is 10.6 Å². The molecule has 1 heterocycles. The number of anilines is 2. The Morgan fingerprint density at radius 2 is 2.15 bits per heavy atom. The van der Waals surface area contributed by atoms with Gasteiger partial charge < -0.3 is 10.6 Å². The first-order valence-electron chi connectivity index (χ1n) is 6.98. The lowest BCUT2D eigenvalue weighted by Crippen LogP contribution is -2.19. The van der Waals surface area contributed by atoms with Crippen molar-refractivity contribution in [3.8, 4) is 0 Å². The molecule has 6 heteroatoms. The quantitative estimate of drug-likeness (QED) is 0.639. The molecule has 1 saturated carbocycles. The monoisotopic (exact) mass is 275 g/mol. The van der Waals surface area contributed by atoms with Crippen LogP contribution in [-0.2, 0) is 11.2 Å². The molecule has 1 amide bonds. The van der Waals surface area contributed by atoms with Gasteiger partial charge in [-0.05, 0) is 30.4 Å². The molecule has 1 fully saturated rings. The van der Waals surface area contributed by atoms with E-state index in [1.54, 1.807) is 6.07 Å². The topological polar surface area (TPSA) is 84.3 Å². The Hall–Kier alpha value is -2.11. The van der Waals surface area contributed by atoms with Crippen LogP contribution in [0.2, 0.25) is 0 Å². The Balaban J connectivity index is 1.82. The van der Waals surface area contributed by atoms with Gasteiger partial charge in [0.05, 0.1) is 10.6 Å². The van der Waals surface area contributed by atoms with Crippen molar-refractivity contribution >= 4 is 23.0 Å². The summed E-state index contributed by atoms with van der Waals surface area (Å²) in [5, 5.41) is 17.0. The van der Waals surface area contributed by atoms with Gasteiger partial charge in [0.25, 0.3) is 5.69 Å². The molecule has 6 nitrogen and oxygen atoms in total. The fourth-order valence-corrected chi connectivity index (χ4v) is 2.53. The van der Waals surface area contributed by atoms with Gasteiger partial charge in [0.1, 0.15) is 5.69 Å². The molecule has 3 rings (SSSR count). The Labute approximate surface area is 116 Å². The molecule has 0 atom stereocenters. The Morgan fingerprint density at radius 3 is 2.85 bits per heavy atom. The van der Waals surface area contributed by atoms with Crippen molar-refractivity contribution in [1.29, 1.82) is 0 Å². The van der Waals surface area contributed by atoms with Crippen LogP contribution in [0, 0.1) is 16.0 Å². The summed E-state index contributed by atoms with van der Waals surface area (Å²) in [4.78, 5) is 22.1. The largest absolute Gasteiger partial charge is 0.379 e. The van der Waals surface area contributed by atoms with E-state index in [1.807, 2.05) is 0 Å². The molecule has 1 aromatic carbocycles. The molecule has 106 valence electrons. The fourth-order valence-electron chi connectivity index (χ4n) is 2.53. The number of rotatable bonds is 5. The molecule has 0 aromatic heterocycles. The van der Waals surface area contributed by atoms with Crippen LogP contribution in [-0.4, -0.2) is 17.4 Å². The summed E-state index contributed by atoms with van der Waals surface area (Å²) in [6.45, 7) is 0.761. The molecule has 0 bridgehead atoms. The van der Waals surface area contributed by atoms with Crippen LogP contribution in [0.3, 0.4) is 0 Å². The zero-order valence-electron chi connectivity index (χ0n) is 11.1. The molecule has 2 N–H and O–H groups in total. The van der Waals surface area contributed by atoms with E-state index in [1.165, 1.54) is 18.9 Å². The molecule has 1 aliphatic heterocycles. The van der Waals surface area contributed by atoms with Gasteiger partial charge >= 0.3 is 0 Å². The van der Waals surface area contributed by atoms with E-state index in [9.17, 15) is 14.9 Å². The van der Waals surface area contributed by atoms with E-state index in [4.69, 9.17) is 0 Å². The maximum absolute atomic E-state index is 11.3. The van der Waals surface area contributed by atoms with Crippen LogP contribution in [0.5, 0.6) is 0 Å². The van der Waals surface area contributed by atoms with E-state index >= 15 is 0 Å². The molecule has 1 aliphatic carbocycles. The summed E-state index contributed by atoms with van der Waals surface area (Å²) >= 11 is 0. The van der Waals surface area contributed by atoms with E-state index in [0.717, 1.165) is 24.4 Å². The number of fused-ring (bicyclic) bond motifs is 1. The summed E-state index contributed by atoms with van der Waals surface area (Å²) in [5.41, 5.74) is 2.12. The minimum absolute atomic E-state index is 0.0294. The van der Waals surface area contributed by atoms with Gasteiger partial charge in [0, 0.05) is 19.0 Å². The second-order valence-electron chi connectivity index (χ2n) is 5.49. The van der Waals surface area contributed by atoms with Crippen LogP contribution in [0.25, 0.3) is 0 Å². The SMILES string of the molecule is O=C1CCc2cc(NCCC3CC3)c([N+](=O)[O-])cc2N1. The van der Waals surface area contributed by atoms with Crippen molar-refractivity contribution in [3.63, 3.8) is 0 Å². The molecular weight excluding hydrogens is 258 g/mol. The maximum Gasteiger partial charge on any atom is 0.294 e. The number of benzene rings is 1. The third kappa shape index (κ3) is 2.74. The summed E-state index contributed by atoms with van der Waals surface area (Å²) in [6, 6.07) is 3.27. The number of carbonyl (C=O) groups is 1. The van der Waals surface area contributed by atoms with Crippen molar-refractivity contribution in [2.24, 2.45) is 5.92 Å². The average molecular weight is 275 g/mol. The first kappa shape index (κ1) is 12.9. The lowest BCUT2D eigenvalue weighted by atomic mass is 10.0. The maximum atomic E-state index is 11.3. The summed E-state index contributed by atoms with van der Waals surface area (Å²) < 4.78 is 0. The van der Waals surface area contributed by atoms with Gasteiger partial charge in [-0.1, -0.05) is 12.8 Å². The second-order valence-corrected chi connectivity index (χ2v) is 5.49. The number of nitro groups is 1. The summed E-state index contributed by atoms with van der Waals surface area (Å²) in [7, 11) is 0. The molecule has 0 unspecified atom stereocenters. The van der Waals surface area contributed by atoms with Crippen LogP contribution >= 0.6 is 0 Å². The highest BCUT2D eigenvalue weighted by Gasteiger charge is 2.24. The van der Waals surface area contributed by atoms with E-state index < -0.39 is 4.92 Å². The minimum atomic E-state index is -0.402. The van der Waals surface area contributed by atoms with Crippen molar-refractivity contribution < 1.29 is 9.72 Å². The Morgan fingerprint density at radius 1 is 1.35 bits per heavy atom. The fraction of sp³-hybridized carbons (Fsp3) is 0.500. The normalized spacial score (nSPS) is 17.3. The van der Waals surface area contributed by atoms with E-state index in [-0.39, 0.29) is 11.6 Å². The molecule has 2 aliphatic rings. The van der Waals surface area contributed by atoms with Gasteiger partial charge in [-0.15, -0.1) is 0 Å². The van der Waals surface area contributed by atoms with E-state index in [0.29, 0.717) is 24.2 Å². The van der Waals surface area contributed by atoms with Crippen LogP contribution < -0.4 is 10.6 Å². The van der Waals surface area contributed by atoms with Gasteiger partial charge in [-0.2, -0.15) is 0 Å². The lowest BCUT2D eigenvalue weighted by Gasteiger charge is -2.18. The van der Waals surface area contributed by atoms with Crippen molar-refractivity contribution in [1.82, 2.24) is 0 Å². The number of carbonyl (C=O) groups excluding carboxylic acids is 1. The second kappa shape index (κ2) is 5.11. The summed E-state index contributed by atoms with van der Waals surface area (Å²) in [6.07, 6.45) is 4.69. The highest BCUT2D eigenvalue weighted by Crippen LogP contribution is 2.35. The van der Waals surface area contributed by atoms with Crippen molar-refractivity contribution in [3.05, 3.63) is 27.8 Å². The zero-order valence-corrected chi connectivity index (χ0v) is 11.1. The molecule has 0 spiro atoms. The van der Waals surface area contributed by atoms with Crippen LogP contribution in [0.15, 0.2) is 12.1 Å². The summed E-state index contributed by atoms with van der Waals surface area (Å²) in [5.74, 6) is 0.708. The molecular formula is C14H17N3O3. The standard InChI is InChI=1S/C14H17N3O3/c18-14-4-3-10-7-12(15-6-5-9-1-2-9)13(17(19)20)8-11(10)16-14/h7-9,15H,1-6H2,(H,16,18). The Kier molecular flexibility index (Phi) is 3.30. The first-order valence-corrected chi connectivity index (χ1v) is 6.98. The smallest absolute Gasteiger partial charge is 0.294 e. The van der Waals surface area contributed by atoms with Gasteiger partial charge in [-0.3, -0.25) is 14.9 Å². The van der Waals surface area contributed by atoms with Gasteiger partial charge in [-0.25, -0.2) is 0 Å². The predicted molar refractivity (Wildman–Crippen MR) is 75.9 cm³/mol. The predicted octanol–water partition coefficient (Wildman–Crippen LogP) is 2.69. The highest BCUT2D eigenvalue weighted by molar-refractivity contribution is 5.95. The number of nitrogens with one attached hydrogen (secondary N) is 2. The third-order valence-electron chi connectivity index (χ3n) is 3.88.